The zero-order valence-corrected chi connectivity index (χ0v) is 14.4. The van der Waals surface area contributed by atoms with Crippen molar-refractivity contribution in [2.45, 2.75) is 6.92 Å². The van der Waals surface area contributed by atoms with Crippen LogP contribution in [-0.2, 0) is 4.79 Å². The highest BCUT2D eigenvalue weighted by Crippen LogP contribution is 2.25. The van der Waals surface area contributed by atoms with Gasteiger partial charge in [0.05, 0.1) is 24.9 Å². The molecule has 0 heterocycles. The van der Waals surface area contributed by atoms with Crippen LogP contribution in [0.15, 0.2) is 46.9 Å². The molecule has 0 aliphatic heterocycles. The van der Waals surface area contributed by atoms with E-state index in [-0.39, 0.29) is 18.4 Å². The largest absolute Gasteiger partial charge is 0.495 e. The Morgan fingerprint density at radius 3 is 2.61 bits per heavy atom. The van der Waals surface area contributed by atoms with Crippen molar-refractivity contribution in [3.05, 3.63) is 58.1 Å². The van der Waals surface area contributed by atoms with Gasteiger partial charge in [0.2, 0.25) is 5.91 Å². The van der Waals surface area contributed by atoms with Gasteiger partial charge in [-0.25, -0.2) is 0 Å². The molecule has 0 aromatic heterocycles. The Morgan fingerprint density at radius 2 is 1.91 bits per heavy atom. The molecule has 2 amide bonds. The Bertz CT molecular complexity index is 732. The Labute approximate surface area is 143 Å². The van der Waals surface area contributed by atoms with Crippen molar-refractivity contribution in [2.24, 2.45) is 0 Å². The van der Waals surface area contributed by atoms with E-state index in [0.29, 0.717) is 21.5 Å². The van der Waals surface area contributed by atoms with E-state index in [1.54, 1.807) is 24.3 Å². The van der Waals surface area contributed by atoms with E-state index in [0.717, 1.165) is 5.56 Å². The summed E-state index contributed by atoms with van der Waals surface area (Å²) in [7, 11) is 1.54. The lowest BCUT2D eigenvalue weighted by molar-refractivity contribution is -0.115. The lowest BCUT2D eigenvalue weighted by Crippen LogP contribution is -2.33. The Morgan fingerprint density at radius 1 is 1.17 bits per heavy atom. The fourth-order valence-electron chi connectivity index (χ4n) is 2.02. The van der Waals surface area contributed by atoms with Crippen LogP contribution in [-0.4, -0.2) is 25.5 Å². The number of rotatable bonds is 5. The van der Waals surface area contributed by atoms with Gasteiger partial charge in [-0.15, -0.1) is 0 Å². The zero-order valence-electron chi connectivity index (χ0n) is 12.9. The first-order valence-corrected chi connectivity index (χ1v) is 7.78. The Kier molecular flexibility index (Phi) is 5.76. The second-order valence-corrected chi connectivity index (χ2v) is 5.77. The van der Waals surface area contributed by atoms with Gasteiger partial charge in [-0.1, -0.05) is 18.2 Å². The molecule has 0 unspecified atom stereocenters. The van der Waals surface area contributed by atoms with Crippen LogP contribution >= 0.6 is 15.9 Å². The maximum Gasteiger partial charge on any atom is 0.252 e. The SMILES string of the molecule is COc1ccc(C)cc1NC(=O)CNC(=O)c1ccccc1Br. The summed E-state index contributed by atoms with van der Waals surface area (Å²) in [5.74, 6) is -0.0702. The molecule has 0 saturated carbocycles. The van der Waals surface area contributed by atoms with Gasteiger partial charge in [-0.2, -0.15) is 0 Å². The number of carbonyl (C=O) groups is 2. The van der Waals surface area contributed by atoms with E-state index in [1.165, 1.54) is 7.11 Å². The number of nitrogens with one attached hydrogen (secondary N) is 2. The second-order valence-electron chi connectivity index (χ2n) is 4.91. The molecule has 6 heteroatoms. The first kappa shape index (κ1) is 17.0. The third-order valence-corrected chi connectivity index (χ3v) is 3.85. The molecule has 0 radical (unpaired) electrons. The molecule has 2 aromatic rings. The smallest absolute Gasteiger partial charge is 0.252 e. The molecule has 0 fully saturated rings. The van der Waals surface area contributed by atoms with Crippen molar-refractivity contribution in [2.75, 3.05) is 19.0 Å². The van der Waals surface area contributed by atoms with Gasteiger partial charge in [0.15, 0.2) is 0 Å². The summed E-state index contributed by atoms with van der Waals surface area (Å²) in [5, 5.41) is 5.32. The minimum absolute atomic E-state index is 0.128. The summed E-state index contributed by atoms with van der Waals surface area (Å²) in [5.41, 5.74) is 2.06. The molecule has 0 aliphatic carbocycles. The number of hydrogen-bond acceptors (Lipinski definition) is 3. The number of benzene rings is 2. The first-order chi connectivity index (χ1) is 11.0. The van der Waals surface area contributed by atoms with Gasteiger partial charge in [0.25, 0.3) is 5.91 Å². The van der Waals surface area contributed by atoms with Crippen LogP contribution in [0.4, 0.5) is 5.69 Å². The average Bonchev–Trinajstić information content (AvgIpc) is 2.53. The summed E-state index contributed by atoms with van der Waals surface area (Å²) in [4.78, 5) is 24.1. The van der Waals surface area contributed by atoms with Crippen LogP contribution in [0.1, 0.15) is 15.9 Å². The van der Waals surface area contributed by atoms with Crippen LogP contribution in [0.5, 0.6) is 5.75 Å². The summed E-state index contributed by atoms with van der Waals surface area (Å²) >= 11 is 3.31. The Hall–Kier alpha value is -2.34. The lowest BCUT2D eigenvalue weighted by atomic mass is 10.2. The van der Waals surface area contributed by atoms with Crippen molar-refractivity contribution >= 4 is 33.4 Å². The van der Waals surface area contributed by atoms with Gasteiger partial charge in [-0.3, -0.25) is 9.59 Å². The molecule has 2 rings (SSSR count). The number of carbonyl (C=O) groups excluding carboxylic acids is 2. The topological polar surface area (TPSA) is 67.4 Å². The lowest BCUT2D eigenvalue weighted by Gasteiger charge is -2.11. The predicted octanol–water partition coefficient (Wildman–Crippen LogP) is 3.13. The van der Waals surface area contributed by atoms with Crippen LogP contribution in [0.2, 0.25) is 0 Å². The summed E-state index contributed by atoms with van der Waals surface area (Å²) < 4.78 is 5.88. The molecule has 2 N–H and O–H groups in total. The third-order valence-electron chi connectivity index (χ3n) is 3.16. The highest BCUT2D eigenvalue weighted by Gasteiger charge is 2.12. The number of ether oxygens (including phenoxy) is 1. The maximum atomic E-state index is 12.1. The molecular formula is C17H17BrN2O3. The molecule has 0 aliphatic rings. The molecule has 0 bridgehead atoms. The molecule has 23 heavy (non-hydrogen) atoms. The van der Waals surface area contributed by atoms with Crippen molar-refractivity contribution in [3.63, 3.8) is 0 Å². The summed E-state index contributed by atoms with van der Waals surface area (Å²) in [6.07, 6.45) is 0. The number of halogens is 1. The molecule has 120 valence electrons. The van der Waals surface area contributed by atoms with E-state index in [4.69, 9.17) is 4.74 Å². The van der Waals surface area contributed by atoms with Crippen molar-refractivity contribution in [1.82, 2.24) is 5.32 Å². The van der Waals surface area contributed by atoms with E-state index in [2.05, 4.69) is 26.6 Å². The number of aryl methyl sites for hydroxylation is 1. The maximum absolute atomic E-state index is 12.1. The van der Waals surface area contributed by atoms with Gasteiger partial charge in [0.1, 0.15) is 5.75 Å². The van der Waals surface area contributed by atoms with E-state index >= 15 is 0 Å². The van der Waals surface area contributed by atoms with E-state index < -0.39 is 0 Å². The van der Waals surface area contributed by atoms with Gasteiger partial charge in [-0.05, 0) is 52.7 Å². The number of anilines is 1. The standard InChI is InChI=1S/C17H17BrN2O3/c1-11-7-8-15(23-2)14(9-11)20-16(21)10-19-17(22)12-5-3-4-6-13(12)18/h3-9H,10H2,1-2H3,(H,19,22)(H,20,21). The van der Waals surface area contributed by atoms with Crippen LogP contribution in [0.3, 0.4) is 0 Å². The average molecular weight is 377 g/mol. The second kappa shape index (κ2) is 7.78. The van der Waals surface area contributed by atoms with Gasteiger partial charge >= 0.3 is 0 Å². The summed E-state index contributed by atoms with van der Waals surface area (Å²) in [6, 6.07) is 12.5. The number of hydrogen-bond donors (Lipinski definition) is 2. The van der Waals surface area contributed by atoms with Gasteiger partial charge < -0.3 is 15.4 Å². The normalized spacial score (nSPS) is 10.0. The number of amides is 2. The third kappa shape index (κ3) is 4.56. The molecule has 0 saturated heterocycles. The van der Waals surface area contributed by atoms with E-state index in [9.17, 15) is 9.59 Å². The fraction of sp³-hybridized carbons (Fsp3) is 0.176. The van der Waals surface area contributed by atoms with Crippen molar-refractivity contribution in [3.8, 4) is 5.75 Å². The van der Waals surface area contributed by atoms with Crippen molar-refractivity contribution < 1.29 is 14.3 Å². The monoisotopic (exact) mass is 376 g/mol. The minimum atomic E-state index is -0.325. The minimum Gasteiger partial charge on any atom is -0.495 e. The molecule has 0 spiro atoms. The fourth-order valence-corrected chi connectivity index (χ4v) is 2.48. The Balaban J connectivity index is 1.97. The predicted molar refractivity (Wildman–Crippen MR) is 92.8 cm³/mol. The molecular weight excluding hydrogens is 360 g/mol. The van der Waals surface area contributed by atoms with E-state index in [1.807, 2.05) is 25.1 Å². The van der Waals surface area contributed by atoms with Crippen LogP contribution in [0.25, 0.3) is 0 Å². The van der Waals surface area contributed by atoms with Crippen LogP contribution in [0, 0.1) is 6.92 Å². The first-order valence-electron chi connectivity index (χ1n) is 6.98. The number of methoxy groups -OCH3 is 1. The van der Waals surface area contributed by atoms with Gasteiger partial charge in [0, 0.05) is 4.47 Å². The molecule has 2 aromatic carbocycles. The zero-order chi connectivity index (χ0) is 16.8. The molecule has 0 atom stereocenters. The van der Waals surface area contributed by atoms with Crippen LogP contribution < -0.4 is 15.4 Å². The van der Waals surface area contributed by atoms with Crippen molar-refractivity contribution in [1.29, 1.82) is 0 Å². The highest BCUT2D eigenvalue weighted by atomic mass is 79.9. The molecule has 5 nitrogen and oxygen atoms in total. The highest BCUT2D eigenvalue weighted by molar-refractivity contribution is 9.10. The summed E-state index contributed by atoms with van der Waals surface area (Å²) in [6.45, 7) is 1.79. The quantitative estimate of drug-likeness (QED) is 0.842.